The summed E-state index contributed by atoms with van der Waals surface area (Å²) in [5.74, 6) is 1.71. The molecule has 0 saturated carbocycles. The first-order valence-electron chi connectivity index (χ1n) is 4.94. The van der Waals surface area contributed by atoms with Crippen molar-refractivity contribution in [3.05, 3.63) is 52.9 Å². The van der Waals surface area contributed by atoms with Gasteiger partial charge in [0.15, 0.2) is 0 Å². The van der Waals surface area contributed by atoms with E-state index in [0.29, 0.717) is 6.54 Å². The number of benzene rings is 1. The fourth-order valence-corrected chi connectivity index (χ4v) is 2.77. The van der Waals surface area contributed by atoms with Gasteiger partial charge >= 0.3 is 0 Å². The third-order valence-corrected chi connectivity index (χ3v) is 3.83. The first-order chi connectivity index (χ1) is 7.81. The molecule has 2 N–H and O–H groups in total. The van der Waals surface area contributed by atoms with Crippen molar-refractivity contribution in [2.24, 2.45) is 5.73 Å². The van der Waals surface area contributed by atoms with Gasteiger partial charge in [-0.15, -0.1) is 11.8 Å². The Kier molecular flexibility index (Phi) is 3.93. The fourth-order valence-electron chi connectivity index (χ4n) is 1.41. The minimum Gasteiger partial charge on any atom is -0.468 e. The summed E-state index contributed by atoms with van der Waals surface area (Å²) in [6.07, 6.45) is 1.67. The lowest BCUT2D eigenvalue weighted by atomic mass is 10.2. The van der Waals surface area contributed by atoms with Gasteiger partial charge < -0.3 is 10.2 Å². The second-order valence-corrected chi connectivity index (χ2v) is 4.69. The van der Waals surface area contributed by atoms with Gasteiger partial charge in [0.1, 0.15) is 5.76 Å². The second kappa shape index (κ2) is 5.43. The zero-order valence-corrected chi connectivity index (χ0v) is 10.2. The van der Waals surface area contributed by atoms with E-state index >= 15 is 0 Å². The average Bonchev–Trinajstić information content (AvgIpc) is 2.80. The molecule has 1 aromatic carbocycles. The molecule has 0 aliphatic heterocycles. The smallest absolute Gasteiger partial charge is 0.113 e. The SMILES string of the molecule is NCc1cccc(Cl)c1SCc1ccco1. The molecule has 1 heterocycles. The van der Waals surface area contributed by atoms with Gasteiger partial charge in [-0.3, -0.25) is 0 Å². The molecule has 0 radical (unpaired) electrons. The number of thioether (sulfide) groups is 1. The Morgan fingerprint density at radius 1 is 1.25 bits per heavy atom. The molecule has 1 aromatic heterocycles. The predicted octanol–water partition coefficient (Wildman–Crippen LogP) is 3.68. The van der Waals surface area contributed by atoms with E-state index in [1.807, 2.05) is 30.3 Å². The van der Waals surface area contributed by atoms with Crippen LogP contribution in [0.3, 0.4) is 0 Å². The summed E-state index contributed by atoms with van der Waals surface area (Å²) in [5, 5.41) is 0.750. The number of furan rings is 1. The van der Waals surface area contributed by atoms with Gasteiger partial charge in [0.05, 0.1) is 17.0 Å². The molecule has 16 heavy (non-hydrogen) atoms. The summed E-state index contributed by atoms with van der Waals surface area (Å²) in [6, 6.07) is 9.63. The normalized spacial score (nSPS) is 10.6. The van der Waals surface area contributed by atoms with Crippen LogP contribution in [0, 0.1) is 0 Å². The van der Waals surface area contributed by atoms with E-state index in [4.69, 9.17) is 21.8 Å². The number of hydrogen-bond acceptors (Lipinski definition) is 3. The second-order valence-electron chi connectivity index (χ2n) is 3.30. The molecule has 0 amide bonds. The number of halogens is 1. The van der Waals surface area contributed by atoms with Crippen molar-refractivity contribution >= 4 is 23.4 Å². The monoisotopic (exact) mass is 253 g/mol. The molecule has 0 fully saturated rings. The Labute approximate surface area is 104 Å². The van der Waals surface area contributed by atoms with Crippen molar-refractivity contribution in [2.45, 2.75) is 17.2 Å². The highest BCUT2D eigenvalue weighted by Crippen LogP contribution is 2.32. The maximum Gasteiger partial charge on any atom is 0.113 e. The van der Waals surface area contributed by atoms with Crippen molar-refractivity contribution in [3.63, 3.8) is 0 Å². The Balaban J connectivity index is 2.14. The van der Waals surface area contributed by atoms with Gasteiger partial charge in [0, 0.05) is 11.4 Å². The minimum absolute atomic E-state index is 0.501. The standard InChI is InChI=1S/C12H12ClNOS/c13-11-5-1-3-9(7-14)12(11)16-8-10-4-2-6-15-10/h1-6H,7-8,14H2. The van der Waals surface area contributed by atoms with Crippen LogP contribution < -0.4 is 5.73 Å². The van der Waals surface area contributed by atoms with Crippen LogP contribution >= 0.6 is 23.4 Å². The Hall–Kier alpha value is -0.900. The summed E-state index contributed by atoms with van der Waals surface area (Å²) in [7, 11) is 0. The quantitative estimate of drug-likeness (QED) is 0.845. The molecular weight excluding hydrogens is 242 g/mol. The third kappa shape index (κ3) is 2.61. The van der Waals surface area contributed by atoms with Gasteiger partial charge in [0.2, 0.25) is 0 Å². The molecule has 2 rings (SSSR count). The van der Waals surface area contributed by atoms with Crippen LogP contribution in [-0.2, 0) is 12.3 Å². The van der Waals surface area contributed by atoms with E-state index in [1.54, 1.807) is 18.0 Å². The van der Waals surface area contributed by atoms with Crippen LogP contribution in [0.1, 0.15) is 11.3 Å². The van der Waals surface area contributed by atoms with Crippen molar-refractivity contribution in [2.75, 3.05) is 0 Å². The van der Waals surface area contributed by atoms with Crippen LogP contribution in [0.5, 0.6) is 0 Å². The van der Waals surface area contributed by atoms with Crippen molar-refractivity contribution in [1.29, 1.82) is 0 Å². The highest BCUT2D eigenvalue weighted by Gasteiger charge is 2.07. The molecule has 0 aliphatic rings. The first-order valence-corrected chi connectivity index (χ1v) is 6.30. The summed E-state index contributed by atoms with van der Waals surface area (Å²) in [6.45, 7) is 0.501. The molecular formula is C12H12ClNOS. The lowest BCUT2D eigenvalue weighted by Crippen LogP contribution is -1.98. The molecule has 0 unspecified atom stereocenters. The lowest BCUT2D eigenvalue weighted by molar-refractivity contribution is 0.530. The zero-order chi connectivity index (χ0) is 11.4. The van der Waals surface area contributed by atoms with E-state index in [1.165, 1.54) is 0 Å². The van der Waals surface area contributed by atoms with Gasteiger partial charge in [0.25, 0.3) is 0 Å². The van der Waals surface area contributed by atoms with E-state index in [2.05, 4.69) is 0 Å². The zero-order valence-electron chi connectivity index (χ0n) is 8.65. The number of nitrogens with two attached hydrogens (primary N) is 1. The summed E-state index contributed by atoms with van der Waals surface area (Å²) in [4.78, 5) is 1.04. The Morgan fingerprint density at radius 2 is 2.12 bits per heavy atom. The molecule has 0 saturated heterocycles. The fraction of sp³-hybridized carbons (Fsp3) is 0.167. The van der Waals surface area contributed by atoms with Crippen LogP contribution in [0.4, 0.5) is 0 Å². The third-order valence-electron chi connectivity index (χ3n) is 2.21. The number of rotatable bonds is 4. The maximum absolute atomic E-state index is 6.14. The highest BCUT2D eigenvalue weighted by atomic mass is 35.5. The topological polar surface area (TPSA) is 39.2 Å². The predicted molar refractivity (Wildman–Crippen MR) is 67.6 cm³/mol. The summed E-state index contributed by atoms with van der Waals surface area (Å²) < 4.78 is 5.27. The Bertz CT molecular complexity index is 456. The van der Waals surface area contributed by atoms with Crippen molar-refractivity contribution < 1.29 is 4.42 Å². The van der Waals surface area contributed by atoms with E-state index < -0.39 is 0 Å². The minimum atomic E-state index is 0.501. The molecule has 84 valence electrons. The van der Waals surface area contributed by atoms with Crippen LogP contribution in [0.2, 0.25) is 5.02 Å². The summed E-state index contributed by atoms with van der Waals surface area (Å²) >= 11 is 7.79. The molecule has 0 spiro atoms. The first kappa shape index (κ1) is 11.6. The van der Waals surface area contributed by atoms with Crippen LogP contribution in [0.15, 0.2) is 45.9 Å². The lowest BCUT2D eigenvalue weighted by Gasteiger charge is -2.08. The highest BCUT2D eigenvalue weighted by molar-refractivity contribution is 7.98. The van der Waals surface area contributed by atoms with Gasteiger partial charge in [-0.2, -0.15) is 0 Å². The molecule has 0 aliphatic carbocycles. The van der Waals surface area contributed by atoms with E-state index in [0.717, 1.165) is 27.0 Å². The van der Waals surface area contributed by atoms with Gasteiger partial charge in [-0.05, 0) is 23.8 Å². The maximum atomic E-state index is 6.14. The summed E-state index contributed by atoms with van der Waals surface area (Å²) in [5.41, 5.74) is 6.75. The van der Waals surface area contributed by atoms with Crippen molar-refractivity contribution in [1.82, 2.24) is 0 Å². The molecule has 4 heteroatoms. The Morgan fingerprint density at radius 3 is 2.81 bits per heavy atom. The van der Waals surface area contributed by atoms with E-state index in [9.17, 15) is 0 Å². The van der Waals surface area contributed by atoms with Crippen LogP contribution in [0.25, 0.3) is 0 Å². The van der Waals surface area contributed by atoms with Crippen LogP contribution in [-0.4, -0.2) is 0 Å². The number of hydrogen-bond donors (Lipinski definition) is 1. The molecule has 2 nitrogen and oxygen atoms in total. The molecule has 0 atom stereocenters. The average molecular weight is 254 g/mol. The van der Waals surface area contributed by atoms with Gasteiger partial charge in [-0.25, -0.2) is 0 Å². The largest absolute Gasteiger partial charge is 0.468 e. The van der Waals surface area contributed by atoms with Crippen molar-refractivity contribution in [3.8, 4) is 0 Å². The van der Waals surface area contributed by atoms with E-state index in [-0.39, 0.29) is 0 Å². The molecule has 2 aromatic rings. The van der Waals surface area contributed by atoms with Gasteiger partial charge in [-0.1, -0.05) is 23.7 Å². The molecule has 0 bridgehead atoms.